The molecule has 14 rings (SSSR count). The first kappa shape index (κ1) is 35.0. The van der Waals surface area contributed by atoms with E-state index < -0.39 is 0 Å². The van der Waals surface area contributed by atoms with Gasteiger partial charge in [0, 0.05) is 27.6 Å². The molecule has 2 aromatic heterocycles. The molecule has 2 nitrogen and oxygen atoms in total. The van der Waals surface area contributed by atoms with Crippen LogP contribution in [0, 0.1) is 11.8 Å². The van der Waals surface area contributed by atoms with E-state index in [1.165, 1.54) is 98.7 Å². The monoisotopic (exact) mass is 782 g/mol. The van der Waals surface area contributed by atoms with Gasteiger partial charge in [0.1, 0.15) is 0 Å². The van der Waals surface area contributed by atoms with Crippen LogP contribution in [0.1, 0.15) is 49.7 Å². The molecule has 0 saturated heterocycles. The highest BCUT2D eigenvalue weighted by Crippen LogP contribution is 2.66. The third-order valence-electron chi connectivity index (χ3n) is 15.1. The van der Waals surface area contributed by atoms with Crippen LogP contribution in [0.2, 0.25) is 0 Å². The summed E-state index contributed by atoms with van der Waals surface area (Å²) in [5.74, 6) is 1.58. The molecule has 2 heteroatoms. The number of pyridine rings is 1. The molecule has 4 bridgehead atoms. The van der Waals surface area contributed by atoms with E-state index in [0.29, 0.717) is 0 Å². The molecular formula is C59H46N2. The quantitative estimate of drug-likeness (QED) is 0.164. The lowest BCUT2D eigenvalue weighted by molar-refractivity contribution is -0.0280. The summed E-state index contributed by atoms with van der Waals surface area (Å²) in [6, 6.07) is 72.4. The average molecular weight is 783 g/mol. The van der Waals surface area contributed by atoms with Crippen molar-refractivity contribution in [3.63, 3.8) is 0 Å². The number of aromatic nitrogens is 2. The first-order valence-electron chi connectivity index (χ1n) is 22.3. The maximum atomic E-state index is 5.14. The standard InChI is InChI=1S/C59H46N2/c1-3-11-41(12-4-1)54-32-48(33-55(60-54)42-13-5-2-6-14-42)44-19-20-45-29-49(24-21-43(45)28-44)58-34-39-27-40(35-58)37-59(36-39,38-58)50-25-22-47-31-51(26-23-46(47)30-50)61-56-17-9-7-15-52(56)53-16-8-10-18-57(53)61/h1-26,28-33,39-40H,27,34-38H2. The molecule has 61 heavy (non-hydrogen) atoms. The molecule has 4 aliphatic rings. The molecule has 292 valence electrons. The second-order valence-corrected chi connectivity index (χ2v) is 18.8. The second kappa shape index (κ2) is 13.4. The molecule has 0 radical (unpaired) electrons. The number of benzene rings is 8. The zero-order valence-corrected chi connectivity index (χ0v) is 34.3. The Morgan fingerprint density at radius 2 is 0.869 bits per heavy atom. The van der Waals surface area contributed by atoms with E-state index in [0.717, 1.165) is 34.4 Å². The first-order chi connectivity index (χ1) is 30.1. The highest BCUT2D eigenvalue weighted by atomic mass is 15.0. The highest BCUT2D eigenvalue weighted by molar-refractivity contribution is 6.09. The van der Waals surface area contributed by atoms with Crippen LogP contribution < -0.4 is 0 Å². The highest BCUT2D eigenvalue weighted by Gasteiger charge is 2.58. The van der Waals surface area contributed by atoms with Crippen LogP contribution in [0.3, 0.4) is 0 Å². The molecule has 8 aromatic carbocycles. The fourth-order valence-electron chi connectivity index (χ4n) is 12.8. The van der Waals surface area contributed by atoms with Crippen molar-refractivity contribution < 1.29 is 0 Å². The van der Waals surface area contributed by atoms with E-state index in [1.54, 1.807) is 11.1 Å². The number of hydrogen-bond acceptors (Lipinski definition) is 1. The van der Waals surface area contributed by atoms with Gasteiger partial charge in [-0.15, -0.1) is 0 Å². The number of para-hydroxylation sites is 2. The maximum absolute atomic E-state index is 5.14. The molecule has 2 atom stereocenters. The Labute approximate surface area is 357 Å². The van der Waals surface area contributed by atoms with Gasteiger partial charge in [0.2, 0.25) is 0 Å². The minimum Gasteiger partial charge on any atom is -0.309 e. The Morgan fingerprint density at radius 3 is 1.44 bits per heavy atom. The largest absolute Gasteiger partial charge is 0.309 e. The van der Waals surface area contributed by atoms with Gasteiger partial charge in [0.25, 0.3) is 0 Å². The van der Waals surface area contributed by atoms with Crippen LogP contribution in [-0.2, 0) is 10.8 Å². The summed E-state index contributed by atoms with van der Waals surface area (Å²) in [5.41, 5.74) is 14.0. The van der Waals surface area contributed by atoms with E-state index in [2.05, 4.69) is 199 Å². The van der Waals surface area contributed by atoms with Gasteiger partial charge in [-0.05, 0) is 147 Å². The van der Waals surface area contributed by atoms with Crippen LogP contribution in [-0.4, -0.2) is 9.55 Å². The van der Waals surface area contributed by atoms with Crippen molar-refractivity contribution in [3.05, 3.63) is 205 Å². The Hall–Kier alpha value is -6.77. The van der Waals surface area contributed by atoms with Crippen LogP contribution in [0.15, 0.2) is 194 Å². The molecule has 10 aromatic rings. The fourth-order valence-corrected chi connectivity index (χ4v) is 12.8. The predicted octanol–water partition coefficient (Wildman–Crippen LogP) is 15.3. The van der Waals surface area contributed by atoms with Crippen molar-refractivity contribution in [1.82, 2.24) is 9.55 Å². The van der Waals surface area contributed by atoms with Crippen molar-refractivity contribution in [2.75, 3.05) is 0 Å². The normalized spacial score (nSPS) is 21.8. The minimum atomic E-state index is 0.229. The van der Waals surface area contributed by atoms with Crippen molar-refractivity contribution in [3.8, 4) is 39.3 Å². The van der Waals surface area contributed by atoms with E-state index in [-0.39, 0.29) is 10.8 Å². The smallest absolute Gasteiger partial charge is 0.0715 e. The van der Waals surface area contributed by atoms with Gasteiger partial charge >= 0.3 is 0 Å². The molecule has 0 amide bonds. The summed E-state index contributed by atoms with van der Waals surface area (Å²) >= 11 is 0. The van der Waals surface area contributed by atoms with Gasteiger partial charge in [-0.1, -0.05) is 152 Å². The van der Waals surface area contributed by atoms with Crippen molar-refractivity contribution in [1.29, 1.82) is 0 Å². The molecule has 4 aliphatic carbocycles. The Balaban J connectivity index is 0.840. The first-order valence-corrected chi connectivity index (χ1v) is 22.3. The number of nitrogens with zero attached hydrogens (tertiary/aromatic N) is 2. The number of fused-ring (bicyclic) bond motifs is 5. The van der Waals surface area contributed by atoms with E-state index >= 15 is 0 Å². The van der Waals surface area contributed by atoms with Crippen LogP contribution >= 0.6 is 0 Å². The van der Waals surface area contributed by atoms with Crippen molar-refractivity contribution >= 4 is 43.4 Å². The van der Waals surface area contributed by atoms with Gasteiger partial charge in [0.05, 0.1) is 22.4 Å². The van der Waals surface area contributed by atoms with Crippen LogP contribution in [0.5, 0.6) is 0 Å². The predicted molar refractivity (Wildman–Crippen MR) is 254 cm³/mol. The topological polar surface area (TPSA) is 17.8 Å². The number of hydrogen-bond donors (Lipinski definition) is 0. The molecule has 4 fully saturated rings. The maximum Gasteiger partial charge on any atom is 0.0715 e. The van der Waals surface area contributed by atoms with Gasteiger partial charge in [0.15, 0.2) is 0 Å². The lowest BCUT2D eigenvalue weighted by atomic mass is 9.41. The van der Waals surface area contributed by atoms with Gasteiger partial charge in [-0.25, -0.2) is 4.98 Å². The Morgan fingerprint density at radius 1 is 0.393 bits per heavy atom. The van der Waals surface area contributed by atoms with Crippen molar-refractivity contribution in [2.45, 2.75) is 49.4 Å². The summed E-state index contributed by atoms with van der Waals surface area (Å²) in [4.78, 5) is 5.14. The summed E-state index contributed by atoms with van der Waals surface area (Å²) in [5, 5.41) is 7.93. The Kier molecular flexibility index (Phi) is 7.68. The van der Waals surface area contributed by atoms with E-state index in [1.807, 2.05) is 0 Å². The van der Waals surface area contributed by atoms with Crippen molar-refractivity contribution in [2.24, 2.45) is 11.8 Å². The third-order valence-corrected chi connectivity index (χ3v) is 15.1. The molecule has 0 spiro atoms. The zero-order chi connectivity index (χ0) is 40.1. The van der Waals surface area contributed by atoms with Gasteiger partial charge in [-0.3, -0.25) is 0 Å². The minimum absolute atomic E-state index is 0.229. The van der Waals surface area contributed by atoms with Crippen LogP contribution in [0.4, 0.5) is 0 Å². The average Bonchev–Trinajstić information content (AvgIpc) is 3.65. The zero-order valence-electron chi connectivity index (χ0n) is 34.3. The SMILES string of the molecule is c1ccc(-c2cc(-c3ccc4cc(C56CC7CC(C5)CC(c5ccc8cc(-n9c%10ccccc%10c%10ccccc%109)ccc8c5)(C7)C6)ccc4c3)cc(-c3ccccc3)n2)cc1. The molecule has 0 aliphatic heterocycles. The summed E-state index contributed by atoms with van der Waals surface area (Å²) in [6.07, 6.45) is 7.96. The second-order valence-electron chi connectivity index (χ2n) is 18.8. The summed E-state index contributed by atoms with van der Waals surface area (Å²) < 4.78 is 2.44. The van der Waals surface area contributed by atoms with E-state index in [4.69, 9.17) is 4.98 Å². The molecule has 4 saturated carbocycles. The Bertz CT molecular complexity index is 3210. The van der Waals surface area contributed by atoms with Gasteiger partial charge < -0.3 is 4.57 Å². The third kappa shape index (κ3) is 5.65. The molecule has 2 unspecified atom stereocenters. The van der Waals surface area contributed by atoms with Crippen LogP contribution in [0.25, 0.3) is 82.7 Å². The lowest BCUT2D eigenvalue weighted by Gasteiger charge is -2.63. The van der Waals surface area contributed by atoms with E-state index in [9.17, 15) is 0 Å². The van der Waals surface area contributed by atoms with Gasteiger partial charge in [-0.2, -0.15) is 0 Å². The molecular weight excluding hydrogens is 737 g/mol. The fraction of sp³-hybridized carbons (Fsp3) is 0.169. The summed E-state index contributed by atoms with van der Waals surface area (Å²) in [7, 11) is 0. The number of rotatable bonds is 6. The molecule has 0 N–H and O–H groups in total. The summed E-state index contributed by atoms with van der Waals surface area (Å²) in [6.45, 7) is 0. The molecule has 2 heterocycles. The lowest BCUT2D eigenvalue weighted by Crippen LogP contribution is -2.55.